The Bertz CT molecular complexity index is 158. The van der Waals surface area contributed by atoms with Gasteiger partial charge in [-0.2, -0.15) is 0 Å². The zero-order valence-electron chi connectivity index (χ0n) is 6.99. The van der Waals surface area contributed by atoms with Crippen LogP contribution in [0.5, 0.6) is 0 Å². The highest BCUT2D eigenvalue weighted by molar-refractivity contribution is 5.70. The van der Waals surface area contributed by atoms with E-state index in [0.717, 1.165) is 6.54 Å². The van der Waals surface area contributed by atoms with Gasteiger partial charge in [0.15, 0.2) is 0 Å². The lowest BCUT2D eigenvalue weighted by Crippen LogP contribution is -2.40. The largest absolute Gasteiger partial charge is 0.481 e. The van der Waals surface area contributed by atoms with E-state index in [1.54, 1.807) is 0 Å². The van der Waals surface area contributed by atoms with Crippen molar-refractivity contribution in [3.63, 3.8) is 0 Å². The van der Waals surface area contributed by atoms with Crippen LogP contribution in [0.1, 0.15) is 19.3 Å². The van der Waals surface area contributed by atoms with Crippen LogP contribution in [0, 0.1) is 5.92 Å². The SMILES string of the molecule is O=C(O)C1CCNC(CCO)C1. The van der Waals surface area contributed by atoms with Gasteiger partial charge in [0.2, 0.25) is 0 Å². The molecule has 3 N–H and O–H groups in total. The summed E-state index contributed by atoms with van der Waals surface area (Å²) in [5.41, 5.74) is 0. The Labute approximate surface area is 71.6 Å². The van der Waals surface area contributed by atoms with Gasteiger partial charge in [-0.25, -0.2) is 0 Å². The maximum Gasteiger partial charge on any atom is 0.306 e. The van der Waals surface area contributed by atoms with E-state index < -0.39 is 5.97 Å². The normalized spacial score (nSPS) is 30.1. The van der Waals surface area contributed by atoms with Crippen LogP contribution in [-0.2, 0) is 4.79 Å². The molecule has 4 heteroatoms. The standard InChI is InChI=1S/C8H15NO3/c10-4-2-7-5-6(8(11)12)1-3-9-7/h6-7,9-10H,1-5H2,(H,11,12). The molecule has 70 valence electrons. The van der Waals surface area contributed by atoms with Crippen molar-refractivity contribution in [2.75, 3.05) is 13.2 Å². The maximum absolute atomic E-state index is 10.6. The molecule has 0 aromatic rings. The first kappa shape index (κ1) is 9.48. The third-order valence-electron chi connectivity index (χ3n) is 2.32. The summed E-state index contributed by atoms with van der Waals surface area (Å²) in [6.45, 7) is 0.881. The first-order valence-electron chi connectivity index (χ1n) is 4.31. The molecule has 0 aliphatic carbocycles. The quantitative estimate of drug-likeness (QED) is 0.554. The molecule has 1 rings (SSSR count). The van der Waals surface area contributed by atoms with Gasteiger partial charge in [-0.05, 0) is 25.8 Å². The number of carboxylic acids is 1. The maximum atomic E-state index is 10.6. The molecule has 2 atom stereocenters. The molecule has 1 aliphatic heterocycles. The van der Waals surface area contributed by atoms with Gasteiger partial charge in [0.1, 0.15) is 0 Å². The number of aliphatic hydroxyl groups is 1. The van der Waals surface area contributed by atoms with E-state index in [-0.39, 0.29) is 18.6 Å². The molecule has 12 heavy (non-hydrogen) atoms. The fourth-order valence-electron chi connectivity index (χ4n) is 1.61. The Morgan fingerprint density at radius 2 is 2.33 bits per heavy atom. The molecule has 0 aromatic heterocycles. The van der Waals surface area contributed by atoms with Gasteiger partial charge < -0.3 is 15.5 Å². The second-order valence-electron chi connectivity index (χ2n) is 3.22. The van der Waals surface area contributed by atoms with Gasteiger partial charge in [0, 0.05) is 12.6 Å². The van der Waals surface area contributed by atoms with Gasteiger partial charge in [-0.1, -0.05) is 0 Å². The molecule has 1 saturated heterocycles. The molecule has 1 fully saturated rings. The lowest BCUT2D eigenvalue weighted by atomic mass is 9.91. The predicted octanol–water partition coefficient (Wildman–Crippen LogP) is -0.178. The van der Waals surface area contributed by atoms with E-state index in [0.29, 0.717) is 19.3 Å². The van der Waals surface area contributed by atoms with Crippen molar-refractivity contribution in [3.05, 3.63) is 0 Å². The number of rotatable bonds is 3. The monoisotopic (exact) mass is 173 g/mol. The number of hydrogen-bond donors (Lipinski definition) is 3. The number of hydrogen-bond acceptors (Lipinski definition) is 3. The van der Waals surface area contributed by atoms with Gasteiger partial charge >= 0.3 is 5.97 Å². The highest BCUT2D eigenvalue weighted by Gasteiger charge is 2.25. The minimum Gasteiger partial charge on any atom is -0.481 e. The summed E-state index contributed by atoms with van der Waals surface area (Å²) in [6.07, 6.45) is 2.01. The topological polar surface area (TPSA) is 69.6 Å². The Morgan fingerprint density at radius 1 is 1.58 bits per heavy atom. The van der Waals surface area contributed by atoms with E-state index in [1.165, 1.54) is 0 Å². The lowest BCUT2D eigenvalue weighted by molar-refractivity contribution is -0.143. The fourth-order valence-corrected chi connectivity index (χ4v) is 1.61. The number of carboxylic acid groups (broad SMARTS) is 1. The van der Waals surface area contributed by atoms with Crippen LogP contribution < -0.4 is 5.32 Å². The average Bonchev–Trinajstić information content (AvgIpc) is 2.05. The van der Waals surface area contributed by atoms with E-state index in [1.807, 2.05) is 0 Å². The van der Waals surface area contributed by atoms with E-state index in [2.05, 4.69) is 5.32 Å². The van der Waals surface area contributed by atoms with Crippen molar-refractivity contribution in [1.82, 2.24) is 5.32 Å². The second kappa shape index (κ2) is 4.42. The summed E-state index contributed by atoms with van der Waals surface area (Å²) in [4.78, 5) is 10.6. The first-order chi connectivity index (χ1) is 5.74. The third-order valence-corrected chi connectivity index (χ3v) is 2.32. The van der Waals surface area contributed by atoms with Crippen molar-refractivity contribution in [2.24, 2.45) is 5.92 Å². The Morgan fingerprint density at radius 3 is 2.92 bits per heavy atom. The Balaban J connectivity index is 2.35. The van der Waals surface area contributed by atoms with Crippen molar-refractivity contribution in [2.45, 2.75) is 25.3 Å². The summed E-state index contributed by atoms with van der Waals surface area (Å²) < 4.78 is 0. The molecule has 1 aliphatic rings. The summed E-state index contributed by atoms with van der Waals surface area (Å²) in [5, 5.41) is 20.6. The van der Waals surface area contributed by atoms with Crippen molar-refractivity contribution in [3.8, 4) is 0 Å². The molecule has 0 amide bonds. The Kier molecular flexibility index (Phi) is 3.49. The molecular formula is C8H15NO3. The third kappa shape index (κ3) is 2.46. The highest BCUT2D eigenvalue weighted by Crippen LogP contribution is 2.17. The molecule has 0 spiro atoms. The van der Waals surface area contributed by atoms with E-state index in [4.69, 9.17) is 10.2 Å². The Hall–Kier alpha value is -0.610. The van der Waals surface area contributed by atoms with Crippen LogP contribution >= 0.6 is 0 Å². The summed E-state index contributed by atoms with van der Waals surface area (Å²) >= 11 is 0. The highest BCUT2D eigenvalue weighted by atomic mass is 16.4. The van der Waals surface area contributed by atoms with Crippen molar-refractivity contribution >= 4 is 5.97 Å². The molecule has 1 heterocycles. The van der Waals surface area contributed by atoms with Crippen LogP contribution in [0.2, 0.25) is 0 Å². The van der Waals surface area contributed by atoms with E-state index >= 15 is 0 Å². The number of aliphatic hydroxyl groups excluding tert-OH is 1. The van der Waals surface area contributed by atoms with Crippen molar-refractivity contribution in [1.29, 1.82) is 0 Å². The van der Waals surface area contributed by atoms with Crippen molar-refractivity contribution < 1.29 is 15.0 Å². The van der Waals surface area contributed by atoms with Gasteiger partial charge in [-0.15, -0.1) is 0 Å². The van der Waals surface area contributed by atoms with Gasteiger partial charge in [0.25, 0.3) is 0 Å². The molecule has 2 unspecified atom stereocenters. The molecule has 0 saturated carbocycles. The second-order valence-corrected chi connectivity index (χ2v) is 3.22. The summed E-state index contributed by atoms with van der Waals surface area (Å²) in [6, 6.07) is 0.185. The van der Waals surface area contributed by atoms with Gasteiger partial charge in [0.05, 0.1) is 5.92 Å². The minimum atomic E-state index is -0.709. The molecule has 0 bridgehead atoms. The van der Waals surface area contributed by atoms with Crippen LogP contribution in [0.15, 0.2) is 0 Å². The molecule has 0 aromatic carbocycles. The van der Waals surface area contributed by atoms with Crippen LogP contribution in [-0.4, -0.2) is 35.4 Å². The number of aliphatic carboxylic acids is 1. The minimum absolute atomic E-state index is 0.129. The molecule has 0 radical (unpaired) electrons. The summed E-state index contributed by atoms with van der Waals surface area (Å²) in [7, 11) is 0. The predicted molar refractivity (Wildman–Crippen MR) is 43.9 cm³/mol. The van der Waals surface area contributed by atoms with Crippen LogP contribution in [0.4, 0.5) is 0 Å². The molecular weight excluding hydrogens is 158 g/mol. The number of carbonyl (C=O) groups is 1. The summed E-state index contributed by atoms with van der Waals surface area (Å²) in [5.74, 6) is -0.928. The van der Waals surface area contributed by atoms with E-state index in [9.17, 15) is 4.79 Å². The first-order valence-corrected chi connectivity index (χ1v) is 4.31. The average molecular weight is 173 g/mol. The lowest BCUT2D eigenvalue weighted by Gasteiger charge is -2.27. The van der Waals surface area contributed by atoms with Crippen LogP contribution in [0.3, 0.4) is 0 Å². The number of nitrogens with one attached hydrogen (secondary N) is 1. The molecule has 4 nitrogen and oxygen atoms in total. The zero-order chi connectivity index (χ0) is 8.97. The zero-order valence-corrected chi connectivity index (χ0v) is 6.99. The van der Waals surface area contributed by atoms with Gasteiger partial charge in [-0.3, -0.25) is 4.79 Å². The fraction of sp³-hybridized carbons (Fsp3) is 0.875. The smallest absolute Gasteiger partial charge is 0.306 e. The van der Waals surface area contributed by atoms with Crippen LogP contribution in [0.25, 0.3) is 0 Å². The number of piperidine rings is 1.